The van der Waals surface area contributed by atoms with E-state index in [1.807, 2.05) is 0 Å². The smallest absolute Gasteiger partial charge is 0.0831 e. The molecule has 4 rings (SSSR count). The molecule has 33 heavy (non-hydrogen) atoms. The molecule has 0 N–H and O–H groups in total. The Balaban J connectivity index is 1.56. The molecule has 1 aliphatic heterocycles. The molecule has 0 aliphatic carbocycles. The average Bonchev–Trinajstić information content (AvgIpc) is 3.29. The second kappa shape index (κ2) is 10.5. The molecule has 0 radical (unpaired) electrons. The van der Waals surface area contributed by atoms with Crippen molar-refractivity contribution >= 4 is 23.2 Å². The van der Waals surface area contributed by atoms with Gasteiger partial charge in [-0.3, -0.25) is 5.01 Å². The Labute approximate surface area is 199 Å². The molecule has 1 heterocycles. The van der Waals surface area contributed by atoms with E-state index in [9.17, 15) is 0 Å². The summed E-state index contributed by atoms with van der Waals surface area (Å²) in [6, 6.07) is 28.5. The molecule has 3 nitrogen and oxygen atoms in total. The second-order valence-electron chi connectivity index (χ2n) is 8.91. The van der Waals surface area contributed by atoms with Gasteiger partial charge in [0.15, 0.2) is 0 Å². The van der Waals surface area contributed by atoms with Gasteiger partial charge in [0.1, 0.15) is 0 Å². The van der Waals surface area contributed by atoms with Gasteiger partial charge in [0.25, 0.3) is 0 Å². The lowest BCUT2D eigenvalue weighted by Crippen LogP contribution is -2.21. The van der Waals surface area contributed by atoms with Gasteiger partial charge < -0.3 is 4.90 Å². The SMILES string of the molecule is CCN(CC)c1ccc(/C=C/C2=NN(c3ccccc3)C(c3ccc(C(C)C)cc3)C2)cc1. The monoisotopic (exact) mass is 437 g/mol. The van der Waals surface area contributed by atoms with E-state index in [2.05, 4.69) is 129 Å². The van der Waals surface area contributed by atoms with Crippen molar-refractivity contribution in [2.75, 3.05) is 23.0 Å². The third-order valence-electron chi connectivity index (χ3n) is 6.43. The summed E-state index contributed by atoms with van der Waals surface area (Å²) < 4.78 is 0. The van der Waals surface area contributed by atoms with Gasteiger partial charge in [0.2, 0.25) is 0 Å². The van der Waals surface area contributed by atoms with Crippen molar-refractivity contribution in [3.05, 3.63) is 102 Å². The molecule has 1 atom stereocenters. The number of para-hydroxylation sites is 1. The number of allylic oxidation sites excluding steroid dienone is 1. The largest absolute Gasteiger partial charge is 0.372 e. The van der Waals surface area contributed by atoms with Crippen LogP contribution in [-0.4, -0.2) is 18.8 Å². The van der Waals surface area contributed by atoms with E-state index >= 15 is 0 Å². The first kappa shape index (κ1) is 22.8. The van der Waals surface area contributed by atoms with E-state index in [0.717, 1.165) is 30.9 Å². The highest BCUT2D eigenvalue weighted by atomic mass is 15.5. The maximum Gasteiger partial charge on any atom is 0.0831 e. The summed E-state index contributed by atoms with van der Waals surface area (Å²) in [6.45, 7) is 10.9. The Morgan fingerprint density at radius 3 is 2.15 bits per heavy atom. The maximum absolute atomic E-state index is 5.02. The Morgan fingerprint density at radius 1 is 0.879 bits per heavy atom. The van der Waals surface area contributed by atoms with Crippen LogP contribution in [0.4, 0.5) is 11.4 Å². The third-order valence-corrected chi connectivity index (χ3v) is 6.43. The van der Waals surface area contributed by atoms with E-state index in [0.29, 0.717) is 5.92 Å². The van der Waals surface area contributed by atoms with Gasteiger partial charge in [0.05, 0.1) is 17.4 Å². The first-order chi connectivity index (χ1) is 16.1. The Kier molecular flexibility index (Phi) is 7.29. The maximum atomic E-state index is 5.02. The van der Waals surface area contributed by atoms with E-state index in [4.69, 9.17) is 5.10 Å². The Hall–Kier alpha value is -3.33. The first-order valence-electron chi connectivity index (χ1n) is 12.1. The van der Waals surface area contributed by atoms with Crippen LogP contribution in [0.1, 0.15) is 62.8 Å². The minimum absolute atomic E-state index is 0.207. The molecule has 1 aliphatic rings. The van der Waals surface area contributed by atoms with Crippen LogP contribution in [0.25, 0.3) is 6.08 Å². The molecule has 3 heteroatoms. The predicted octanol–water partition coefficient (Wildman–Crippen LogP) is 7.68. The average molecular weight is 438 g/mol. The molecular formula is C30H35N3. The van der Waals surface area contributed by atoms with Gasteiger partial charge in [-0.05, 0) is 66.8 Å². The van der Waals surface area contributed by atoms with Crippen molar-refractivity contribution in [1.29, 1.82) is 0 Å². The highest BCUT2D eigenvalue weighted by Crippen LogP contribution is 2.36. The molecular weight excluding hydrogens is 402 g/mol. The summed E-state index contributed by atoms with van der Waals surface area (Å²) in [6.07, 6.45) is 5.24. The number of hydrazone groups is 1. The van der Waals surface area contributed by atoms with Crippen molar-refractivity contribution in [2.45, 2.75) is 46.1 Å². The zero-order chi connectivity index (χ0) is 23.2. The van der Waals surface area contributed by atoms with Crippen LogP contribution >= 0.6 is 0 Å². The number of benzene rings is 3. The number of hydrogen-bond acceptors (Lipinski definition) is 3. The van der Waals surface area contributed by atoms with Crippen molar-refractivity contribution in [3.8, 4) is 0 Å². The van der Waals surface area contributed by atoms with Crippen molar-refractivity contribution in [2.24, 2.45) is 5.10 Å². The van der Waals surface area contributed by atoms with Gasteiger partial charge in [-0.25, -0.2) is 0 Å². The van der Waals surface area contributed by atoms with Crippen LogP contribution in [0.15, 0.2) is 90.0 Å². The van der Waals surface area contributed by atoms with Crippen LogP contribution in [0.3, 0.4) is 0 Å². The minimum atomic E-state index is 0.207. The highest BCUT2D eigenvalue weighted by Gasteiger charge is 2.28. The molecule has 0 aromatic heterocycles. The first-order valence-corrected chi connectivity index (χ1v) is 12.1. The van der Waals surface area contributed by atoms with Crippen LogP contribution in [0.2, 0.25) is 0 Å². The molecule has 3 aromatic carbocycles. The standard InChI is InChI=1S/C30H35N3/c1-5-32(6-2)28-20-13-24(14-21-28)12-19-27-22-30(26-17-15-25(16-18-26)23(3)4)33(31-27)29-10-8-7-9-11-29/h7-21,23,30H,5-6,22H2,1-4H3/b19-12+. The Morgan fingerprint density at radius 2 is 1.55 bits per heavy atom. The van der Waals surface area contributed by atoms with Crippen LogP contribution in [0, 0.1) is 0 Å². The van der Waals surface area contributed by atoms with Crippen LogP contribution in [-0.2, 0) is 0 Å². The van der Waals surface area contributed by atoms with E-state index in [1.54, 1.807) is 0 Å². The van der Waals surface area contributed by atoms with Gasteiger partial charge >= 0.3 is 0 Å². The van der Waals surface area contributed by atoms with E-state index in [-0.39, 0.29) is 6.04 Å². The number of anilines is 2. The quantitative estimate of drug-likeness (QED) is 0.360. The fraction of sp³-hybridized carbons (Fsp3) is 0.300. The van der Waals surface area contributed by atoms with Crippen LogP contribution in [0.5, 0.6) is 0 Å². The second-order valence-corrected chi connectivity index (χ2v) is 8.91. The normalized spacial score (nSPS) is 16.0. The topological polar surface area (TPSA) is 18.8 Å². The lowest BCUT2D eigenvalue weighted by molar-refractivity contribution is 0.708. The summed E-state index contributed by atoms with van der Waals surface area (Å²) in [5, 5.41) is 7.19. The molecule has 0 fully saturated rings. The molecule has 3 aromatic rings. The molecule has 1 unspecified atom stereocenters. The summed E-state index contributed by atoms with van der Waals surface area (Å²) >= 11 is 0. The number of nitrogens with zero attached hydrogens (tertiary/aromatic N) is 3. The van der Waals surface area contributed by atoms with Crippen molar-refractivity contribution in [1.82, 2.24) is 0 Å². The summed E-state index contributed by atoms with van der Waals surface area (Å²) in [5.74, 6) is 0.538. The zero-order valence-electron chi connectivity index (χ0n) is 20.3. The van der Waals surface area contributed by atoms with Gasteiger partial charge in [-0.1, -0.05) is 74.5 Å². The lowest BCUT2D eigenvalue weighted by Gasteiger charge is -2.24. The molecule has 170 valence electrons. The minimum Gasteiger partial charge on any atom is -0.372 e. The summed E-state index contributed by atoms with van der Waals surface area (Å²) in [5.41, 5.74) is 7.38. The van der Waals surface area contributed by atoms with Crippen molar-refractivity contribution in [3.63, 3.8) is 0 Å². The molecule has 0 saturated carbocycles. The van der Waals surface area contributed by atoms with Crippen molar-refractivity contribution < 1.29 is 0 Å². The summed E-state index contributed by atoms with van der Waals surface area (Å²) in [7, 11) is 0. The molecule has 0 amide bonds. The van der Waals surface area contributed by atoms with Gasteiger partial charge in [0, 0.05) is 25.2 Å². The fourth-order valence-electron chi connectivity index (χ4n) is 4.39. The molecule has 0 saturated heterocycles. The van der Waals surface area contributed by atoms with E-state index < -0.39 is 0 Å². The highest BCUT2D eigenvalue weighted by molar-refractivity contribution is 6.01. The Bertz CT molecular complexity index is 1080. The number of rotatable bonds is 8. The fourth-order valence-corrected chi connectivity index (χ4v) is 4.39. The molecule has 0 bridgehead atoms. The number of hydrogen-bond donors (Lipinski definition) is 0. The lowest BCUT2D eigenvalue weighted by atomic mass is 9.96. The van der Waals surface area contributed by atoms with E-state index in [1.165, 1.54) is 22.4 Å². The van der Waals surface area contributed by atoms with Crippen LogP contribution < -0.4 is 9.91 Å². The molecule has 0 spiro atoms. The third kappa shape index (κ3) is 5.36. The zero-order valence-corrected chi connectivity index (χ0v) is 20.3. The summed E-state index contributed by atoms with van der Waals surface area (Å²) in [4.78, 5) is 2.36. The van der Waals surface area contributed by atoms with Gasteiger partial charge in [-0.2, -0.15) is 5.10 Å². The van der Waals surface area contributed by atoms with Gasteiger partial charge in [-0.15, -0.1) is 0 Å². The predicted molar refractivity (Wildman–Crippen MR) is 143 cm³/mol.